The molecule has 3 aromatic rings. The van der Waals surface area contributed by atoms with Crippen LogP contribution in [0, 0.1) is 0 Å². The molecule has 0 saturated carbocycles. The van der Waals surface area contributed by atoms with Crippen molar-refractivity contribution >= 4 is 40.1 Å². The standard InChI is InChI=1S/C27H35N3O7S/c1-6-30(7-2)20-11-10-18-14-21(25(32)36-22(18)16-20)24-28-19(17-38-24)15-23(31)34-12-8-9-13-35-29-26(33)37-27(3,4)5/h10-11,14,16-17H,6-9,12-13,15H2,1-5H3,(H,29,33). The first-order valence-corrected chi connectivity index (χ1v) is 13.5. The molecule has 0 aliphatic heterocycles. The Bertz CT molecular complexity index is 1290. The maximum Gasteiger partial charge on any atom is 0.431 e. The average molecular weight is 546 g/mol. The van der Waals surface area contributed by atoms with Crippen molar-refractivity contribution in [3.63, 3.8) is 0 Å². The lowest BCUT2D eigenvalue weighted by molar-refractivity contribution is -0.143. The maximum absolute atomic E-state index is 12.7. The summed E-state index contributed by atoms with van der Waals surface area (Å²) in [5.41, 5.74) is 3.54. The number of hydroxylamine groups is 1. The van der Waals surface area contributed by atoms with Crippen LogP contribution in [0.4, 0.5) is 10.5 Å². The SMILES string of the molecule is CCN(CC)c1ccc2cc(-c3nc(CC(=O)OCCCCONC(=O)OC(C)(C)C)cs3)c(=O)oc2c1. The van der Waals surface area contributed by atoms with E-state index in [4.69, 9.17) is 18.7 Å². The minimum absolute atomic E-state index is 0.000651. The van der Waals surface area contributed by atoms with Crippen LogP contribution in [0.3, 0.4) is 0 Å². The summed E-state index contributed by atoms with van der Waals surface area (Å²) < 4.78 is 15.9. The minimum Gasteiger partial charge on any atom is -0.465 e. The molecule has 0 aliphatic rings. The normalized spacial score (nSPS) is 11.4. The van der Waals surface area contributed by atoms with E-state index in [9.17, 15) is 14.4 Å². The van der Waals surface area contributed by atoms with Gasteiger partial charge in [-0.3, -0.25) is 9.63 Å². The molecule has 0 aliphatic carbocycles. The van der Waals surface area contributed by atoms with Gasteiger partial charge in [0.25, 0.3) is 0 Å². The molecule has 0 unspecified atom stereocenters. The average Bonchev–Trinajstić information content (AvgIpc) is 3.30. The van der Waals surface area contributed by atoms with Crippen molar-refractivity contribution < 1.29 is 28.3 Å². The molecule has 0 spiro atoms. The van der Waals surface area contributed by atoms with Crippen LogP contribution < -0.4 is 16.0 Å². The third-order valence-electron chi connectivity index (χ3n) is 5.41. The molecule has 0 fully saturated rings. The molecule has 0 bridgehead atoms. The lowest BCUT2D eigenvalue weighted by Gasteiger charge is -2.20. The molecule has 11 heteroatoms. The zero-order chi connectivity index (χ0) is 27.7. The maximum atomic E-state index is 12.7. The molecule has 0 radical (unpaired) electrons. The number of amides is 1. The highest BCUT2D eigenvalue weighted by Crippen LogP contribution is 2.27. The molecule has 38 heavy (non-hydrogen) atoms. The number of nitrogens with one attached hydrogen (secondary N) is 1. The quantitative estimate of drug-likeness (QED) is 0.144. The topological polar surface area (TPSA) is 120 Å². The van der Waals surface area contributed by atoms with Crippen LogP contribution in [0.15, 0.2) is 38.9 Å². The molecule has 1 aromatic carbocycles. The van der Waals surface area contributed by atoms with Crippen LogP contribution in [0.1, 0.15) is 53.2 Å². The van der Waals surface area contributed by atoms with Crippen molar-refractivity contribution in [1.29, 1.82) is 0 Å². The Morgan fingerprint density at radius 1 is 1.11 bits per heavy atom. The van der Waals surface area contributed by atoms with E-state index in [1.165, 1.54) is 11.3 Å². The largest absolute Gasteiger partial charge is 0.465 e. The third-order valence-corrected chi connectivity index (χ3v) is 6.34. The number of benzene rings is 1. The van der Waals surface area contributed by atoms with Crippen molar-refractivity contribution in [2.24, 2.45) is 0 Å². The summed E-state index contributed by atoms with van der Waals surface area (Å²) in [5, 5.41) is 3.03. The Morgan fingerprint density at radius 3 is 2.55 bits per heavy atom. The van der Waals surface area contributed by atoms with Crippen LogP contribution in [-0.2, 0) is 25.5 Å². The van der Waals surface area contributed by atoms with Gasteiger partial charge >= 0.3 is 17.7 Å². The van der Waals surface area contributed by atoms with E-state index in [0.29, 0.717) is 34.7 Å². The fourth-order valence-electron chi connectivity index (χ4n) is 3.62. The summed E-state index contributed by atoms with van der Waals surface area (Å²) in [5.74, 6) is -0.413. The molecule has 3 rings (SSSR count). The fourth-order valence-corrected chi connectivity index (χ4v) is 4.44. The molecule has 1 amide bonds. The Labute approximate surface area is 225 Å². The summed E-state index contributed by atoms with van der Waals surface area (Å²) >= 11 is 1.28. The molecular formula is C27H35N3O7S. The highest BCUT2D eigenvalue weighted by molar-refractivity contribution is 7.13. The summed E-state index contributed by atoms with van der Waals surface area (Å²) in [6.07, 6.45) is 0.493. The first-order chi connectivity index (χ1) is 18.1. The van der Waals surface area contributed by atoms with Gasteiger partial charge < -0.3 is 18.8 Å². The Balaban J connectivity index is 1.47. The minimum atomic E-state index is -0.655. The number of aromatic nitrogens is 1. The van der Waals surface area contributed by atoms with Gasteiger partial charge in [-0.25, -0.2) is 14.6 Å². The molecule has 2 heterocycles. The van der Waals surface area contributed by atoms with Crippen LogP contribution in [-0.4, -0.2) is 49.0 Å². The van der Waals surface area contributed by atoms with Gasteiger partial charge in [0, 0.05) is 35.6 Å². The number of hydrogen-bond donors (Lipinski definition) is 1. The van der Waals surface area contributed by atoms with Crippen LogP contribution in [0.25, 0.3) is 21.5 Å². The van der Waals surface area contributed by atoms with E-state index < -0.39 is 23.3 Å². The Hall–Kier alpha value is -3.44. The second-order valence-electron chi connectivity index (χ2n) is 9.54. The molecule has 206 valence electrons. The predicted molar refractivity (Wildman–Crippen MR) is 146 cm³/mol. The predicted octanol–water partition coefficient (Wildman–Crippen LogP) is 5.08. The second kappa shape index (κ2) is 13.4. The number of thiazole rings is 1. The molecule has 0 atom stereocenters. The molecule has 1 N–H and O–H groups in total. The Morgan fingerprint density at radius 2 is 1.84 bits per heavy atom. The number of rotatable bonds is 12. The lowest BCUT2D eigenvalue weighted by Crippen LogP contribution is -2.32. The van der Waals surface area contributed by atoms with Gasteiger partial charge in [0.15, 0.2) is 0 Å². The van der Waals surface area contributed by atoms with Crippen molar-refractivity contribution in [1.82, 2.24) is 10.5 Å². The summed E-state index contributed by atoms with van der Waals surface area (Å²) in [6.45, 7) is 11.6. The number of nitrogens with zero attached hydrogens (tertiary/aromatic N) is 2. The number of hydrogen-bond acceptors (Lipinski definition) is 10. The van der Waals surface area contributed by atoms with Crippen molar-refractivity contribution in [2.75, 3.05) is 31.2 Å². The first kappa shape index (κ1) is 29.1. The van der Waals surface area contributed by atoms with Crippen molar-refractivity contribution in [3.8, 4) is 10.6 Å². The van der Waals surface area contributed by atoms with E-state index in [1.807, 2.05) is 18.2 Å². The summed E-state index contributed by atoms with van der Waals surface area (Å²) in [4.78, 5) is 48.0. The van der Waals surface area contributed by atoms with E-state index in [-0.39, 0.29) is 19.6 Å². The third kappa shape index (κ3) is 8.56. The monoisotopic (exact) mass is 545 g/mol. The highest BCUT2D eigenvalue weighted by Gasteiger charge is 2.17. The first-order valence-electron chi connectivity index (χ1n) is 12.6. The van der Waals surface area contributed by atoms with E-state index in [2.05, 4.69) is 29.2 Å². The van der Waals surface area contributed by atoms with Gasteiger partial charge in [-0.05, 0) is 65.7 Å². The van der Waals surface area contributed by atoms with Crippen LogP contribution >= 0.6 is 11.3 Å². The molecule has 0 saturated heterocycles. The summed E-state index contributed by atoms with van der Waals surface area (Å²) in [6, 6.07) is 7.58. The second-order valence-corrected chi connectivity index (χ2v) is 10.4. The number of fused-ring (bicyclic) bond motifs is 1. The van der Waals surface area contributed by atoms with Gasteiger partial charge in [0.2, 0.25) is 0 Å². The zero-order valence-electron chi connectivity index (χ0n) is 22.5. The van der Waals surface area contributed by atoms with Gasteiger partial charge in [-0.1, -0.05) is 0 Å². The van der Waals surface area contributed by atoms with Crippen LogP contribution in [0.2, 0.25) is 0 Å². The highest BCUT2D eigenvalue weighted by atomic mass is 32.1. The van der Waals surface area contributed by atoms with Gasteiger partial charge in [0.05, 0.1) is 30.9 Å². The number of anilines is 1. The van der Waals surface area contributed by atoms with Crippen molar-refractivity contribution in [2.45, 2.75) is 59.5 Å². The molecule has 2 aromatic heterocycles. The van der Waals surface area contributed by atoms with Crippen molar-refractivity contribution in [3.05, 3.63) is 45.8 Å². The van der Waals surface area contributed by atoms with E-state index in [1.54, 1.807) is 32.2 Å². The zero-order valence-corrected chi connectivity index (χ0v) is 23.3. The van der Waals surface area contributed by atoms with E-state index >= 15 is 0 Å². The molecular weight excluding hydrogens is 510 g/mol. The van der Waals surface area contributed by atoms with Gasteiger partial charge in [-0.15, -0.1) is 11.3 Å². The van der Waals surface area contributed by atoms with Crippen LogP contribution in [0.5, 0.6) is 0 Å². The lowest BCUT2D eigenvalue weighted by atomic mass is 10.1. The van der Waals surface area contributed by atoms with Gasteiger partial charge in [-0.2, -0.15) is 5.48 Å². The number of ether oxygens (including phenoxy) is 2. The van der Waals surface area contributed by atoms with Gasteiger partial charge in [0.1, 0.15) is 16.2 Å². The number of carbonyl (C=O) groups excluding carboxylic acids is 2. The number of unbranched alkanes of at least 4 members (excludes halogenated alkanes) is 1. The fraction of sp³-hybridized carbons (Fsp3) is 0.481. The summed E-state index contributed by atoms with van der Waals surface area (Å²) in [7, 11) is 0. The Kier molecular flexibility index (Phi) is 10.3. The number of carbonyl (C=O) groups is 2. The molecule has 10 nitrogen and oxygen atoms in total. The smallest absolute Gasteiger partial charge is 0.431 e. The number of esters is 1. The van der Waals surface area contributed by atoms with E-state index in [0.717, 1.165) is 24.2 Å².